The number of rotatable bonds is 7. The van der Waals surface area contributed by atoms with Gasteiger partial charge in [0.2, 0.25) is 11.9 Å². The van der Waals surface area contributed by atoms with E-state index in [0.717, 1.165) is 0 Å². The van der Waals surface area contributed by atoms with Gasteiger partial charge in [0.05, 0.1) is 11.0 Å². The molecule has 35 heavy (non-hydrogen) atoms. The number of nitro benzene ring substituents is 1. The van der Waals surface area contributed by atoms with Gasteiger partial charge in [0.15, 0.2) is 0 Å². The molecule has 0 bridgehead atoms. The molecule has 0 fully saturated rings. The number of amides is 3. The van der Waals surface area contributed by atoms with E-state index in [0.29, 0.717) is 12.1 Å². The van der Waals surface area contributed by atoms with Crippen LogP contribution in [0.25, 0.3) is 0 Å². The van der Waals surface area contributed by atoms with Gasteiger partial charge in [-0.1, -0.05) is 0 Å². The minimum Gasteiger partial charge on any atom is -0.444 e. The number of aliphatic imine (C=N–C) groups is 1. The highest BCUT2D eigenvalue weighted by atomic mass is 16.6. The molecule has 0 saturated carbocycles. The molecule has 1 atom stereocenters. The number of non-ortho nitro benzene ring substituents is 1. The zero-order valence-corrected chi connectivity index (χ0v) is 20.8. The Morgan fingerprint density at radius 1 is 1.00 bits per heavy atom. The van der Waals surface area contributed by atoms with Crippen LogP contribution in [0.2, 0.25) is 0 Å². The average Bonchev–Trinajstić information content (AvgIpc) is 2.68. The van der Waals surface area contributed by atoms with E-state index in [1.165, 1.54) is 24.3 Å². The van der Waals surface area contributed by atoms with Crippen molar-refractivity contribution < 1.29 is 28.8 Å². The van der Waals surface area contributed by atoms with Crippen LogP contribution in [0.15, 0.2) is 29.3 Å². The molecule has 1 aromatic rings. The second kappa shape index (κ2) is 12.6. The van der Waals surface area contributed by atoms with Gasteiger partial charge in [0.1, 0.15) is 11.2 Å². The van der Waals surface area contributed by atoms with Crippen LogP contribution in [-0.4, -0.2) is 52.8 Å². The van der Waals surface area contributed by atoms with Crippen molar-refractivity contribution in [3.05, 3.63) is 34.4 Å². The first-order valence-electron chi connectivity index (χ1n) is 10.9. The average molecular weight is 495 g/mol. The van der Waals surface area contributed by atoms with E-state index >= 15 is 0 Å². The number of nitrogens with one attached hydrogen (secondary N) is 3. The number of anilines is 1. The van der Waals surface area contributed by atoms with Gasteiger partial charge in [-0.15, -0.1) is 0 Å². The van der Waals surface area contributed by atoms with E-state index in [9.17, 15) is 24.5 Å². The fourth-order valence-corrected chi connectivity index (χ4v) is 2.45. The van der Waals surface area contributed by atoms with Crippen LogP contribution >= 0.6 is 0 Å². The Labute approximate surface area is 204 Å². The fraction of sp³-hybridized carbons (Fsp3) is 0.545. The Bertz CT molecular complexity index is 901. The molecular formula is C22H34N6O7. The van der Waals surface area contributed by atoms with E-state index in [1.807, 2.05) is 0 Å². The van der Waals surface area contributed by atoms with Gasteiger partial charge in [0.25, 0.3) is 5.69 Å². The SMILES string of the molecule is CC(C)(C)OC(=O)NC(=NCCC[C@H](N)C(=O)Nc1ccc([N+](=O)[O-])cc1)NC(=O)OC(C)(C)C. The zero-order chi connectivity index (χ0) is 26.8. The van der Waals surface area contributed by atoms with Crippen molar-refractivity contribution in [2.24, 2.45) is 10.7 Å². The fourth-order valence-electron chi connectivity index (χ4n) is 2.45. The first kappa shape index (κ1) is 29.3. The lowest BCUT2D eigenvalue weighted by Gasteiger charge is -2.22. The van der Waals surface area contributed by atoms with Crippen LogP contribution in [0.5, 0.6) is 0 Å². The van der Waals surface area contributed by atoms with Crippen molar-refractivity contribution in [2.45, 2.75) is 71.6 Å². The van der Waals surface area contributed by atoms with E-state index < -0.39 is 40.3 Å². The van der Waals surface area contributed by atoms with Gasteiger partial charge < -0.3 is 20.5 Å². The summed E-state index contributed by atoms with van der Waals surface area (Å²) in [5, 5.41) is 18.0. The quantitative estimate of drug-likeness (QED) is 0.146. The molecule has 3 amide bonds. The molecule has 13 heteroatoms. The normalized spacial score (nSPS) is 12.1. The number of nitrogens with zero attached hydrogens (tertiary/aromatic N) is 2. The molecule has 0 aliphatic rings. The highest BCUT2D eigenvalue weighted by molar-refractivity contribution is 6.01. The summed E-state index contributed by atoms with van der Waals surface area (Å²) in [6, 6.07) is 4.48. The summed E-state index contributed by atoms with van der Waals surface area (Å²) in [6.45, 7) is 10.3. The number of nitrogens with two attached hydrogens (primary N) is 1. The lowest BCUT2D eigenvalue weighted by molar-refractivity contribution is -0.384. The summed E-state index contributed by atoms with van der Waals surface area (Å²) in [4.78, 5) is 50.7. The predicted molar refractivity (Wildman–Crippen MR) is 130 cm³/mol. The van der Waals surface area contributed by atoms with Crippen molar-refractivity contribution in [3.63, 3.8) is 0 Å². The topological polar surface area (TPSA) is 187 Å². The molecular weight excluding hydrogens is 460 g/mol. The third-order valence-electron chi connectivity index (χ3n) is 3.86. The van der Waals surface area contributed by atoms with E-state index in [1.54, 1.807) is 41.5 Å². The monoisotopic (exact) mass is 494 g/mol. The van der Waals surface area contributed by atoms with Gasteiger partial charge in [-0.2, -0.15) is 0 Å². The summed E-state index contributed by atoms with van der Waals surface area (Å²) < 4.78 is 10.3. The minimum atomic E-state index is -0.874. The maximum Gasteiger partial charge on any atom is 0.414 e. The molecule has 0 aliphatic carbocycles. The van der Waals surface area contributed by atoms with Crippen LogP contribution < -0.4 is 21.7 Å². The molecule has 0 heterocycles. The highest BCUT2D eigenvalue weighted by Crippen LogP contribution is 2.15. The summed E-state index contributed by atoms with van der Waals surface area (Å²) in [7, 11) is 0. The molecule has 5 N–H and O–H groups in total. The number of carbonyl (C=O) groups is 3. The molecule has 0 unspecified atom stereocenters. The Morgan fingerprint density at radius 3 is 1.91 bits per heavy atom. The number of benzene rings is 1. The van der Waals surface area contributed by atoms with Crippen molar-refractivity contribution in [1.29, 1.82) is 0 Å². The molecule has 0 spiro atoms. The Kier molecular flexibility index (Phi) is 10.6. The number of carbonyl (C=O) groups excluding carboxylic acids is 3. The van der Waals surface area contributed by atoms with Crippen molar-refractivity contribution in [3.8, 4) is 0 Å². The molecule has 0 saturated heterocycles. The summed E-state index contributed by atoms with van der Waals surface area (Å²) in [6.07, 6.45) is -1.03. The minimum absolute atomic E-state index is 0.0963. The van der Waals surface area contributed by atoms with Gasteiger partial charge >= 0.3 is 12.2 Å². The van der Waals surface area contributed by atoms with Crippen molar-refractivity contribution >= 4 is 35.4 Å². The van der Waals surface area contributed by atoms with E-state index in [4.69, 9.17) is 15.2 Å². The smallest absolute Gasteiger partial charge is 0.414 e. The van der Waals surface area contributed by atoms with Crippen LogP contribution in [0.4, 0.5) is 21.0 Å². The lowest BCUT2D eigenvalue weighted by Crippen LogP contribution is -2.47. The van der Waals surface area contributed by atoms with E-state index in [2.05, 4.69) is 20.9 Å². The number of hydrogen-bond acceptors (Lipinski definition) is 9. The zero-order valence-electron chi connectivity index (χ0n) is 20.8. The molecule has 1 aromatic carbocycles. The molecule has 194 valence electrons. The van der Waals surface area contributed by atoms with Crippen LogP contribution in [0.1, 0.15) is 54.4 Å². The number of nitro groups is 1. The number of hydrogen-bond donors (Lipinski definition) is 4. The first-order valence-corrected chi connectivity index (χ1v) is 10.9. The maximum absolute atomic E-state index is 12.3. The molecule has 1 rings (SSSR count). The number of ether oxygens (including phenoxy) is 2. The number of alkyl carbamates (subject to hydrolysis) is 2. The Morgan fingerprint density at radius 2 is 1.49 bits per heavy atom. The van der Waals surface area contributed by atoms with Crippen molar-refractivity contribution in [2.75, 3.05) is 11.9 Å². The van der Waals surface area contributed by atoms with Crippen LogP contribution in [0.3, 0.4) is 0 Å². The van der Waals surface area contributed by atoms with Crippen LogP contribution in [-0.2, 0) is 14.3 Å². The van der Waals surface area contributed by atoms with E-state index in [-0.39, 0.29) is 24.6 Å². The molecule has 0 radical (unpaired) electrons. The second-order valence-corrected chi connectivity index (χ2v) is 9.53. The van der Waals surface area contributed by atoms with Gasteiger partial charge in [-0.3, -0.25) is 30.5 Å². The lowest BCUT2D eigenvalue weighted by atomic mass is 10.1. The molecule has 0 aromatic heterocycles. The molecule has 0 aliphatic heterocycles. The Balaban J connectivity index is 2.67. The van der Waals surface area contributed by atoms with Crippen molar-refractivity contribution in [1.82, 2.24) is 10.6 Å². The van der Waals surface area contributed by atoms with Crippen LogP contribution in [0, 0.1) is 10.1 Å². The summed E-state index contributed by atoms with van der Waals surface area (Å²) in [5.41, 5.74) is 4.67. The number of guanidine groups is 1. The standard InChI is InChI=1S/C22H34N6O7/c1-21(2,3)34-19(30)26-18(27-20(31)35-22(4,5)6)24-13-7-8-16(23)17(29)25-14-9-11-15(12-10-14)28(32)33/h9-12,16H,7-8,13,23H2,1-6H3,(H,25,29)(H2,24,26,27,30,31)/t16-/m0/s1. The summed E-state index contributed by atoms with van der Waals surface area (Å²) >= 11 is 0. The maximum atomic E-state index is 12.3. The molecule has 13 nitrogen and oxygen atoms in total. The first-order chi connectivity index (χ1) is 16.1. The predicted octanol–water partition coefficient (Wildman–Crippen LogP) is 3.05. The summed E-state index contributed by atoms with van der Waals surface area (Å²) in [5.74, 6) is -0.640. The van der Waals surface area contributed by atoms with Gasteiger partial charge in [-0.25, -0.2) is 9.59 Å². The van der Waals surface area contributed by atoms with Gasteiger partial charge in [0, 0.05) is 24.4 Å². The third kappa shape index (κ3) is 12.9. The largest absolute Gasteiger partial charge is 0.444 e. The Hall–Kier alpha value is -3.74. The second-order valence-electron chi connectivity index (χ2n) is 9.53. The third-order valence-corrected chi connectivity index (χ3v) is 3.86. The van der Waals surface area contributed by atoms with Gasteiger partial charge in [-0.05, 0) is 66.5 Å². The highest BCUT2D eigenvalue weighted by Gasteiger charge is 2.21.